The molecule has 19 heavy (non-hydrogen) atoms. The van der Waals surface area contributed by atoms with Crippen LogP contribution in [0.15, 0.2) is 6.33 Å². The van der Waals surface area contributed by atoms with Crippen molar-refractivity contribution in [3.63, 3.8) is 0 Å². The molecular weight excluding hydrogens is 240 g/mol. The molecule has 1 aromatic rings. The minimum Gasteiger partial charge on any atom is -0.393 e. The monoisotopic (exact) mass is 264 g/mol. The van der Waals surface area contributed by atoms with E-state index >= 15 is 0 Å². The van der Waals surface area contributed by atoms with Gasteiger partial charge in [0.25, 0.3) is 0 Å². The molecule has 0 unspecified atom stereocenters. The lowest BCUT2D eigenvalue weighted by Crippen LogP contribution is -2.46. The van der Waals surface area contributed by atoms with Crippen LogP contribution >= 0.6 is 0 Å². The molecule has 6 heteroatoms. The molecule has 0 saturated carbocycles. The van der Waals surface area contributed by atoms with Gasteiger partial charge in [-0.2, -0.15) is 0 Å². The molecule has 1 saturated heterocycles. The first-order valence-electron chi connectivity index (χ1n) is 6.96. The second kappa shape index (κ2) is 6.06. The lowest BCUT2D eigenvalue weighted by Gasteiger charge is -2.35. The quantitative estimate of drug-likeness (QED) is 0.846. The summed E-state index contributed by atoms with van der Waals surface area (Å²) in [5.41, 5.74) is 6.84. The third-order valence-corrected chi connectivity index (χ3v) is 3.41. The fourth-order valence-corrected chi connectivity index (χ4v) is 2.30. The molecule has 106 valence electrons. The van der Waals surface area contributed by atoms with Crippen molar-refractivity contribution < 1.29 is 0 Å². The molecule has 0 spiro atoms. The summed E-state index contributed by atoms with van der Waals surface area (Å²) in [5.74, 6) is 1.59. The molecule has 1 aliphatic rings. The number of anilines is 3. The molecule has 0 aliphatic carbocycles. The highest BCUT2D eigenvalue weighted by atomic mass is 15.3. The summed E-state index contributed by atoms with van der Waals surface area (Å²) in [5, 5.41) is 3.26. The number of aromatic nitrogens is 2. The van der Waals surface area contributed by atoms with Crippen molar-refractivity contribution >= 4 is 17.3 Å². The standard InChI is InChI=1S/C13H24N6/c1-4-18-5-7-19(8-6-18)13-11(14)12(15-9-16-13)17-10(2)3/h9-10H,4-8,14H2,1-3H3,(H,15,16,17). The normalized spacial score (nSPS) is 16.9. The highest BCUT2D eigenvalue weighted by molar-refractivity contribution is 5.75. The summed E-state index contributed by atoms with van der Waals surface area (Å²) in [4.78, 5) is 13.2. The van der Waals surface area contributed by atoms with E-state index in [1.54, 1.807) is 6.33 Å². The van der Waals surface area contributed by atoms with Gasteiger partial charge in [-0.15, -0.1) is 0 Å². The minimum absolute atomic E-state index is 0.307. The zero-order valence-corrected chi connectivity index (χ0v) is 12.1. The van der Waals surface area contributed by atoms with Gasteiger partial charge in [0.05, 0.1) is 0 Å². The lowest BCUT2D eigenvalue weighted by atomic mass is 10.3. The maximum atomic E-state index is 6.19. The highest BCUT2D eigenvalue weighted by Gasteiger charge is 2.20. The van der Waals surface area contributed by atoms with Gasteiger partial charge in [0.1, 0.15) is 12.0 Å². The largest absolute Gasteiger partial charge is 0.393 e. The Morgan fingerprint density at radius 2 is 1.95 bits per heavy atom. The molecule has 0 aromatic carbocycles. The van der Waals surface area contributed by atoms with Crippen LogP contribution in [-0.4, -0.2) is 53.6 Å². The number of likely N-dealkylation sites (N-methyl/N-ethyl adjacent to an activating group) is 1. The van der Waals surface area contributed by atoms with Crippen molar-refractivity contribution in [3.8, 4) is 0 Å². The fourth-order valence-electron chi connectivity index (χ4n) is 2.30. The third kappa shape index (κ3) is 3.26. The van der Waals surface area contributed by atoms with Crippen molar-refractivity contribution in [2.45, 2.75) is 26.8 Å². The number of hydrogen-bond donors (Lipinski definition) is 2. The molecule has 0 amide bonds. The second-order valence-electron chi connectivity index (χ2n) is 5.18. The summed E-state index contributed by atoms with van der Waals surface area (Å²) < 4.78 is 0. The molecule has 1 fully saturated rings. The minimum atomic E-state index is 0.307. The Kier molecular flexibility index (Phi) is 4.42. The van der Waals surface area contributed by atoms with E-state index in [1.807, 2.05) is 0 Å². The second-order valence-corrected chi connectivity index (χ2v) is 5.18. The Bertz CT molecular complexity index is 412. The molecule has 1 aliphatic heterocycles. The zero-order valence-electron chi connectivity index (χ0n) is 12.1. The Labute approximate surface area is 115 Å². The molecule has 1 aromatic heterocycles. The predicted octanol–water partition coefficient (Wildman–Crippen LogP) is 1.02. The van der Waals surface area contributed by atoms with Crippen LogP contribution < -0.4 is 16.0 Å². The zero-order chi connectivity index (χ0) is 13.8. The molecule has 0 atom stereocenters. The number of nitrogen functional groups attached to an aromatic ring is 1. The molecule has 0 bridgehead atoms. The maximum Gasteiger partial charge on any atom is 0.157 e. The Balaban J connectivity index is 2.12. The summed E-state index contributed by atoms with van der Waals surface area (Å²) in [6.07, 6.45) is 1.59. The highest BCUT2D eigenvalue weighted by Crippen LogP contribution is 2.27. The molecular formula is C13H24N6. The molecule has 3 N–H and O–H groups in total. The van der Waals surface area contributed by atoms with E-state index in [2.05, 4.69) is 45.9 Å². The van der Waals surface area contributed by atoms with Crippen molar-refractivity contribution in [1.82, 2.24) is 14.9 Å². The number of nitrogens with zero attached hydrogens (tertiary/aromatic N) is 4. The fraction of sp³-hybridized carbons (Fsp3) is 0.692. The smallest absolute Gasteiger partial charge is 0.157 e. The Morgan fingerprint density at radius 1 is 1.26 bits per heavy atom. The van der Waals surface area contributed by atoms with Gasteiger partial charge in [-0.25, -0.2) is 9.97 Å². The van der Waals surface area contributed by atoms with Gasteiger partial charge < -0.3 is 20.9 Å². The first-order valence-corrected chi connectivity index (χ1v) is 6.96. The molecule has 2 rings (SSSR count). The van der Waals surface area contributed by atoms with Crippen LogP contribution in [0.1, 0.15) is 20.8 Å². The number of nitrogens with two attached hydrogens (primary N) is 1. The van der Waals surface area contributed by atoms with Gasteiger partial charge in [-0.05, 0) is 20.4 Å². The first kappa shape index (κ1) is 13.9. The van der Waals surface area contributed by atoms with E-state index in [9.17, 15) is 0 Å². The van der Waals surface area contributed by atoms with Crippen LogP contribution in [0.2, 0.25) is 0 Å². The summed E-state index contributed by atoms with van der Waals surface area (Å²) in [6, 6.07) is 0.307. The summed E-state index contributed by atoms with van der Waals surface area (Å²) in [7, 11) is 0. The van der Waals surface area contributed by atoms with Gasteiger partial charge in [0, 0.05) is 32.2 Å². The average Bonchev–Trinajstić information content (AvgIpc) is 2.41. The van der Waals surface area contributed by atoms with Gasteiger partial charge in [0.2, 0.25) is 0 Å². The number of rotatable bonds is 4. The van der Waals surface area contributed by atoms with Gasteiger partial charge in [-0.3, -0.25) is 0 Å². The van der Waals surface area contributed by atoms with E-state index in [4.69, 9.17) is 5.73 Å². The van der Waals surface area contributed by atoms with Crippen LogP contribution in [0, 0.1) is 0 Å². The van der Waals surface area contributed by atoms with Gasteiger partial charge in [-0.1, -0.05) is 6.92 Å². The van der Waals surface area contributed by atoms with E-state index in [0.29, 0.717) is 11.7 Å². The van der Waals surface area contributed by atoms with Crippen molar-refractivity contribution in [1.29, 1.82) is 0 Å². The molecule has 0 radical (unpaired) electrons. The van der Waals surface area contributed by atoms with Crippen LogP contribution in [0.5, 0.6) is 0 Å². The van der Waals surface area contributed by atoms with Gasteiger partial charge >= 0.3 is 0 Å². The number of piperazine rings is 1. The Hall–Kier alpha value is -1.56. The van der Waals surface area contributed by atoms with Crippen LogP contribution in [-0.2, 0) is 0 Å². The third-order valence-electron chi connectivity index (χ3n) is 3.41. The Morgan fingerprint density at radius 3 is 2.53 bits per heavy atom. The lowest BCUT2D eigenvalue weighted by molar-refractivity contribution is 0.270. The van der Waals surface area contributed by atoms with E-state index in [0.717, 1.165) is 44.4 Å². The van der Waals surface area contributed by atoms with Crippen LogP contribution in [0.25, 0.3) is 0 Å². The number of nitrogens with one attached hydrogen (secondary N) is 1. The molecule has 6 nitrogen and oxygen atoms in total. The maximum absolute atomic E-state index is 6.19. The predicted molar refractivity (Wildman–Crippen MR) is 79.5 cm³/mol. The van der Waals surface area contributed by atoms with Crippen LogP contribution in [0.3, 0.4) is 0 Å². The van der Waals surface area contributed by atoms with E-state index < -0.39 is 0 Å². The molecule has 2 heterocycles. The summed E-state index contributed by atoms with van der Waals surface area (Å²) in [6.45, 7) is 11.5. The van der Waals surface area contributed by atoms with Crippen molar-refractivity contribution in [2.24, 2.45) is 0 Å². The van der Waals surface area contributed by atoms with Crippen molar-refractivity contribution in [2.75, 3.05) is 48.7 Å². The average molecular weight is 264 g/mol. The SMILES string of the molecule is CCN1CCN(c2ncnc(NC(C)C)c2N)CC1. The van der Waals surface area contributed by atoms with Crippen LogP contribution in [0.4, 0.5) is 17.3 Å². The van der Waals surface area contributed by atoms with Gasteiger partial charge in [0.15, 0.2) is 11.6 Å². The van der Waals surface area contributed by atoms with Crippen molar-refractivity contribution in [3.05, 3.63) is 6.33 Å². The number of hydrogen-bond acceptors (Lipinski definition) is 6. The summed E-state index contributed by atoms with van der Waals surface area (Å²) >= 11 is 0. The van der Waals surface area contributed by atoms with E-state index in [1.165, 1.54) is 0 Å². The first-order chi connectivity index (χ1) is 9.11. The topological polar surface area (TPSA) is 70.3 Å². The van der Waals surface area contributed by atoms with E-state index in [-0.39, 0.29) is 0 Å².